The van der Waals surface area contributed by atoms with Crippen LogP contribution in [0.3, 0.4) is 0 Å². The van der Waals surface area contributed by atoms with Crippen LogP contribution in [-0.2, 0) is 23.9 Å². The highest BCUT2D eigenvalue weighted by molar-refractivity contribution is 6.35. The van der Waals surface area contributed by atoms with Gasteiger partial charge in [-0.25, -0.2) is 9.59 Å². The second kappa shape index (κ2) is 10.1. The number of carboxylic acids is 1. The summed E-state index contributed by atoms with van der Waals surface area (Å²) in [5.41, 5.74) is 0. The van der Waals surface area contributed by atoms with Crippen molar-refractivity contribution in [3.8, 4) is 0 Å². The maximum absolute atomic E-state index is 11.5. The lowest BCUT2D eigenvalue weighted by Gasteiger charge is -2.25. The first-order valence-corrected chi connectivity index (χ1v) is 6.61. The van der Waals surface area contributed by atoms with Gasteiger partial charge < -0.3 is 45.6 Å². The van der Waals surface area contributed by atoms with Crippen LogP contribution < -0.4 is 0 Å². The van der Waals surface area contributed by atoms with Crippen molar-refractivity contribution in [3.63, 3.8) is 0 Å². The van der Waals surface area contributed by atoms with E-state index >= 15 is 0 Å². The highest BCUT2D eigenvalue weighted by atomic mass is 16.6. The Labute approximate surface area is 139 Å². The van der Waals surface area contributed by atoms with Crippen LogP contribution in [0.15, 0.2) is 0 Å². The van der Waals surface area contributed by atoms with E-state index in [1.165, 1.54) is 0 Å². The normalized spacial score (nSPS) is 19.6. The van der Waals surface area contributed by atoms with E-state index in [2.05, 4.69) is 4.74 Å². The highest BCUT2D eigenvalue weighted by Crippen LogP contribution is 2.10. The number of aldehydes is 1. The van der Waals surface area contributed by atoms with Crippen LogP contribution in [0.5, 0.6) is 0 Å². The molecule has 0 saturated heterocycles. The van der Waals surface area contributed by atoms with E-state index < -0.39 is 67.1 Å². The lowest BCUT2D eigenvalue weighted by atomic mass is 10.0. The molecule has 0 spiro atoms. The smallest absolute Gasteiger partial charge is 0.378 e. The van der Waals surface area contributed by atoms with Gasteiger partial charge in [-0.3, -0.25) is 9.59 Å². The first-order chi connectivity index (χ1) is 11.5. The minimum absolute atomic E-state index is 0.293. The summed E-state index contributed by atoms with van der Waals surface area (Å²) in [7, 11) is 0. The lowest BCUT2D eigenvalue weighted by molar-refractivity contribution is -0.179. The fourth-order valence-corrected chi connectivity index (χ4v) is 1.48. The van der Waals surface area contributed by atoms with E-state index in [4.69, 9.17) is 20.4 Å². The topological polar surface area (TPSA) is 239 Å². The third-order valence-electron chi connectivity index (χ3n) is 3.01. The monoisotopic (exact) mass is 370 g/mol. The van der Waals surface area contributed by atoms with Crippen LogP contribution >= 0.6 is 0 Å². The number of hydrogen-bond donors (Lipinski definition) is 8. The van der Waals surface area contributed by atoms with Gasteiger partial charge in [0, 0.05) is 0 Å². The molecule has 0 aromatic carbocycles. The van der Waals surface area contributed by atoms with Crippen LogP contribution in [0, 0.1) is 0 Å². The van der Waals surface area contributed by atoms with Gasteiger partial charge in [0.1, 0.15) is 24.4 Å². The Hall–Kier alpha value is -2.00. The number of aliphatic hydroxyl groups excluding tert-OH is 7. The Balaban J connectivity index is 5.01. The van der Waals surface area contributed by atoms with E-state index in [0.717, 1.165) is 0 Å². The van der Waals surface area contributed by atoms with Crippen molar-refractivity contribution < 1.29 is 64.8 Å². The van der Waals surface area contributed by atoms with Crippen molar-refractivity contribution in [2.45, 2.75) is 42.7 Å². The minimum atomic E-state index is -2.55. The second-order valence-electron chi connectivity index (χ2n) is 4.82. The number of rotatable bonds is 11. The zero-order valence-electron chi connectivity index (χ0n) is 12.4. The SMILES string of the molecule is O=C[C@H](OC(=O)C(=O)[C@H](O)[C@H](O)[C@@H](O)CO)[C@H](O)[C@@H](O)[C@H](O)C(=O)O. The number of carbonyl (C=O) groups is 4. The van der Waals surface area contributed by atoms with Gasteiger partial charge >= 0.3 is 11.9 Å². The van der Waals surface area contributed by atoms with Crippen molar-refractivity contribution in [3.05, 3.63) is 0 Å². The molecule has 0 aromatic heterocycles. The Morgan fingerprint density at radius 3 is 1.80 bits per heavy atom. The minimum Gasteiger partial charge on any atom is -0.479 e. The average molecular weight is 370 g/mol. The third kappa shape index (κ3) is 6.09. The molecule has 13 heteroatoms. The molecule has 0 aliphatic rings. The number of ether oxygens (including phenoxy) is 1. The molecule has 0 fully saturated rings. The van der Waals surface area contributed by atoms with Gasteiger partial charge in [0.2, 0.25) is 0 Å². The summed E-state index contributed by atoms with van der Waals surface area (Å²) in [6, 6.07) is 0. The molecule has 8 N–H and O–H groups in total. The maximum atomic E-state index is 11.5. The highest BCUT2D eigenvalue weighted by Gasteiger charge is 2.40. The first kappa shape index (κ1) is 23.0. The summed E-state index contributed by atoms with van der Waals surface area (Å²) < 4.78 is 4.17. The van der Waals surface area contributed by atoms with E-state index in [-0.39, 0.29) is 6.29 Å². The molecule has 0 aromatic rings. The molecule has 13 nitrogen and oxygen atoms in total. The standard InChI is InChI=1S/C12H18O13/c13-1-3(15)5(16)7(18)10(21)12(24)25-4(2-14)6(17)8(19)9(20)11(22)23/h2-9,13,15-20H,1H2,(H,22,23)/t3-,4-,5+,6-,7+,8+,9-/m0/s1. The fourth-order valence-electron chi connectivity index (χ4n) is 1.48. The first-order valence-electron chi connectivity index (χ1n) is 6.61. The number of esters is 1. The van der Waals surface area contributed by atoms with Crippen LogP contribution in [0.4, 0.5) is 0 Å². The molecule has 25 heavy (non-hydrogen) atoms. The molecular formula is C12H18O13. The molecule has 0 unspecified atom stereocenters. The summed E-state index contributed by atoms with van der Waals surface area (Å²) in [6.45, 7) is -1.06. The van der Waals surface area contributed by atoms with Crippen LogP contribution in [-0.4, -0.2) is 114 Å². The third-order valence-corrected chi connectivity index (χ3v) is 3.01. The zero-order chi connectivity index (χ0) is 19.9. The molecule has 144 valence electrons. The number of hydrogen-bond acceptors (Lipinski definition) is 12. The van der Waals surface area contributed by atoms with Crippen LogP contribution in [0.1, 0.15) is 0 Å². The zero-order valence-corrected chi connectivity index (χ0v) is 12.4. The number of aliphatic hydroxyl groups is 7. The number of carboxylic acid groups (broad SMARTS) is 1. The molecular weight excluding hydrogens is 352 g/mol. The van der Waals surface area contributed by atoms with Crippen molar-refractivity contribution in [1.82, 2.24) is 0 Å². The molecule has 0 radical (unpaired) electrons. The summed E-state index contributed by atoms with van der Waals surface area (Å²) >= 11 is 0. The Morgan fingerprint density at radius 1 is 0.880 bits per heavy atom. The van der Waals surface area contributed by atoms with Gasteiger partial charge in [0.15, 0.2) is 24.6 Å². The predicted octanol–water partition coefficient (Wildman–Crippen LogP) is -6.09. The van der Waals surface area contributed by atoms with Gasteiger partial charge in [-0.2, -0.15) is 0 Å². The Kier molecular flexibility index (Phi) is 9.29. The number of Topliss-reactive ketones (excluding diaryl/α,β-unsaturated/α-hetero) is 1. The second-order valence-corrected chi connectivity index (χ2v) is 4.82. The number of ketones is 1. The Morgan fingerprint density at radius 2 is 1.40 bits per heavy atom. The molecule has 0 saturated carbocycles. The number of aliphatic carboxylic acids is 1. The molecule has 0 aliphatic heterocycles. The summed E-state index contributed by atoms with van der Waals surface area (Å²) in [6.07, 6.45) is -16.8. The average Bonchev–Trinajstić information content (AvgIpc) is 2.60. The van der Waals surface area contributed by atoms with Gasteiger partial charge in [-0.05, 0) is 0 Å². The summed E-state index contributed by atoms with van der Waals surface area (Å²) in [5.74, 6) is -5.81. The van der Waals surface area contributed by atoms with Crippen molar-refractivity contribution in [2.75, 3.05) is 6.61 Å². The predicted molar refractivity (Wildman–Crippen MR) is 71.7 cm³/mol. The van der Waals surface area contributed by atoms with Gasteiger partial charge in [-0.15, -0.1) is 0 Å². The van der Waals surface area contributed by atoms with Crippen molar-refractivity contribution >= 4 is 24.0 Å². The molecule has 0 bridgehead atoms. The van der Waals surface area contributed by atoms with Gasteiger partial charge in [0.25, 0.3) is 5.78 Å². The lowest BCUT2D eigenvalue weighted by Crippen LogP contribution is -2.51. The Bertz CT molecular complexity index is 491. The summed E-state index contributed by atoms with van der Waals surface area (Å²) in [4.78, 5) is 44.2. The fraction of sp³-hybridized carbons (Fsp3) is 0.667. The van der Waals surface area contributed by atoms with Crippen molar-refractivity contribution in [1.29, 1.82) is 0 Å². The summed E-state index contributed by atoms with van der Waals surface area (Å²) in [5, 5.41) is 72.6. The molecule has 7 atom stereocenters. The van der Waals surface area contributed by atoms with Crippen LogP contribution in [0.25, 0.3) is 0 Å². The molecule has 0 amide bonds. The number of carbonyl (C=O) groups excluding carboxylic acids is 3. The van der Waals surface area contributed by atoms with E-state index in [1.807, 2.05) is 0 Å². The maximum Gasteiger partial charge on any atom is 0.378 e. The largest absolute Gasteiger partial charge is 0.479 e. The quantitative estimate of drug-likeness (QED) is 0.0960. The molecule has 0 aliphatic carbocycles. The van der Waals surface area contributed by atoms with Gasteiger partial charge in [0.05, 0.1) is 6.61 Å². The van der Waals surface area contributed by atoms with E-state index in [1.54, 1.807) is 0 Å². The van der Waals surface area contributed by atoms with E-state index in [9.17, 15) is 39.6 Å². The molecule has 0 heterocycles. The van der Waals surface area contributed by atoms with E-state index in [0.29, 0.717) is 0 Å². The molecule has 0 rings (SSSR count). The van der Waals surface area contributed by atoms with Crippen molar-refractivity contribution in [2.24, 2.45) is 0 Å². The van der Waals surface area contributed by atoms with Crippen LogP contribution in [0.2, 0.25) is 0 Å². The van der Waals surface area contributed by atoms with Gasteiger partial charge in [-0.1, -0.05) is 0 Å².